The Hall–Kier alpha value is -3.13. The van der Waals surface area contributed by atoms with Gasteiger partial charge in [0.25, 0.3) is 5.91 Å². The van der Waals surface area contributed by atoms with Crippen LogP contribution in [0.1, 0.15) is 13.8 Å². The van der Waals surface area contributed by atoms with E-state index in [1.54, 1.807) is 31.2 Å². The molecule has 28 heavy (non-hydrogen) atoms. The number of ether oxygens (including phenoxy) is 3. The van der Waals surface area contributed by atoms with E-state index in [1.807, 2.05) is 31.2 Å². The summed E-state index contributed by atoms with van der Waals surface area (Å²) in [5.41, 5.74) is 0.755. The van der Waals surface area contributed by atoms with Gasteiger partial charge in [-0.2, -0.15) is 0 Å². The van der Waals surface area contributed by atoms with E-state index in [9.17, 15) is 9.59 Å². The van der Waals surface area contributed by atoms with E-state index in [1.165, 1.54) is 11.3 Å². The van der Waals surface area contributed by atoms with Crippen LogP contribution in [-0.2, 0) is 14.3 Å². The quantitative estimate of drug-likeness (QED) is 0.581. The second-order valence-electron chi connectivity index (χ2n) is 5.81. The number of hydrogen-bond donors (Lipinski definition) is 1. The van der Waals surface area contributed by atoms with E-state index < -0.39 is 24.6 Å². The minimum atomic E-state index is -0.824. The Bertz CT molecular complexity index is 958. The van der Waals surface area contributed by atoms with Crippen LogP contribution in [0.15, 0.2) is 48.5 Å². The second kappa shape index (κ2) is 9.18. The number of aromatic nitrogens is 1. The first-order valence-electron chi connectivity index (χ1n) is 8.76. The lowest BCUT2D eigenvalue weighted by Gasteiger charge is -2.13. The van der Waals surface area contributed by atoms with Gasteiger partial charge in [-0.15, -0.1) is 0 Å². The number of rotatable bonds is 8. The second-order valence-corrected chi connectivity index (χ2v) is 6.84. The van der Waals surface area contributed by atoms with Crippen molar-refractivity contribution in [3.8, 4) is 11.5 Å². The molecule has 1 aromatic heterocycles. The van der Waals surface area contributed by atoms with Gasteiger partial charge in [-0.25, -0.2) is 9.78 Å². The van der Waals surface area contributed by atoms with Crippen LogP contribution in [0.3, 0.4) is 0 Å². The number of amides is 1. The highest BCUT2D eigenvalue weighted by atomic mass is 32.1. The van der Waals surface area contributed by atoms with Gasteiger partial charge in [0.1, 0.15) is 11.5 Å². The molecule has 0 radical (unpaired) electrons. The summed E-state index contributed by atoms with van der Waals surface area (Å²) in [4.78, 5) is 28.4. The minimum absolute atomic E-state index is 0.415. The molecule has 1 heterocycles. The number of thiazole rings is 1. The first-order valence-corrected chi connectivity index (χ1v) is 9.58. The molecule has 1 amide bonds. The molecule has 2 aromatic carbocycles. The highest BCUT2D eigenvalue weighted by molar-refractivity contribution is 7.22. The van der Waals surface area contributed by atoms with Crippen molar-refractivity contribution < 1.29 is 23.8 Å². The largest absolute Gasteiger partial charge is 0.494 e. The van der Waals surface area contributed by atoms with Crippen LogP contribution in [0.4, 0.5) is 5.13 Å². The van der Waals surface area contributed by atoms with Gasteiger partial charge >= 0.3 is 5.97 Å². The Balaban J connectivity index is 1.51. The van der Waals surface area contributed by atoms with Crippen LogP contribution >= 0.6 is 11.3 Å². The number of para-hydroxylation sites is 1. The number of nitrogens with one attached hydrogen (secondary N) is 1. The first-order chi connectivity index (χ1) is 13.5. The van der Waals surface area contributed by atoms with Crippen LogP contribution in [-0.4, -0.2) is 36.2 Å². The molecule has 0 fully saturated rings. The molecule has 0 spiro atoms. The van der Waals surface area contributed by atoms with Crippen LogP contribution in [0.25, 0.3) is 10.2 Å². The summed E-state index contributed by atoms with van der Waals surface area (Å²) in [7, 11) is 0. The highest BCUT2D eigenvalue weighted by Crippen LogP contribution is 2.29. The van der Waals surface area contributed by atoms with E-state index >= 15 is 0 Å². The lowest BCUT2D eigenvalue weighted by atomic mass is 10.3. The third-order valence-electron chi connectivity index (χ3n) is 3.65. The number of carbonyl (C=O) groups is 2. The number of carbonyl (C=O) groups excluding carboxylic acids is 2. The lowest BCUT2D eigenvalue weighted by Crippen LogP contribution is -2.29. The van der Waals surface area contributed by atoms with Gasteiger partial charge in [-0.05, 0) is 44.2 Å². The van der Waals surface area contributed by atoms with E-state index in [0.29, 0.717) is 17.5 Å². The molecule has 0 saturated heterocycles. The van der Waals surface area contributed by atoms with Gasteiger partial charge < -0.3 is 14.2 Å². The van der Waals surface area contributed by atoms with Crippen molar-refractivity contribution in [3.63, 3.8) is 0 Å². The fourth-order valence-corrected chi connectivity index (χ4v) is 3.29. The molecule has 1 N–H and O–H groups in total. The zero-order valence-electron chi connectivity index (χ0n) is 15.5. The van der Waals surface area contributed by atoms with Crippen molar-refractivity contribution in [1.29, 1.82) is 0 Å². The van der Waals surface area contributed by atoms with Crippen molar-refractivity contribution in [2.75, 3.05) is 18.5 Å². The molecule has 1 atom stereocenters. The molecule has 0 aliphatic rings. The summed E-state index contributed by atoms with van der Waals surface area (Å²) < 4.78 is 16.8. The first kappa shape index (κ1) is 19.6. The maximum absolute atomic E-state index is 12.1. The Labute approximate surface area is 166 Å². The maximum Gasteiger partial charge on any atom is 0.347 e. The van der Waals surface area contributed by atoms with Gasteiger partial charge in [-0.3, -0.25) is 10.1 Å². The molecule has 3 rings (SSSR count). The summed E-state index contributed by atoms with van der Waals surface area (Å²) in [6.07, 6.45) is -0.824. The number of anilines is 1. The summed E-state index contributed by atoms with van der Waals surface area (Å²) in [5.74, 6) is 0.212. The standard InChI is InChI=1S/C20H20N2O5S/c1-3-25-15-9-10-16-17(11-15)28-20(21-16)22-18(23)12-26-19(24)13(2)27-14-7-5-4-6-8-14/h4-11,13H,3,12H2,1-2H3,(H,21,22,23)/t13-/m1/s1. The van der Waals surface area contributed by atoms with Crippen molar-refractivity contribution >= 4 is 38.6 Å². The Morgan fingerprint density at radius 1 is 1.14 bits per heavy atom. The molecule has 0 aliphatic carbocycles. The van der Waals surface area contributed by atoms with Gasteiger partial charge in [0.05, 0.1) is 16.8 Å². The number of esters is 1. The fourth-order valence-electron chi connectivity index (χ4n) is 2.38. The van der Waals surface area contributed by atoms with E-state index in [-0.39, 0.29) is 0 Å². The summed E-state index contributed by atoms with van der Waals surface area (Å²) in [6.45, 7) is 3.64. The van der Waals surface area contributed by atoms with Crippen LogP contribution in [0, 0.1) is 0 Å². The molecule has 0 saturated carbocycles. The van der Waals surface area contributed by atoms with Gasteiger partial charge in [0.15, 0.2) is 17.8 Å². The maximum atomic E-state index is 12.1. The Morgan fingerprint density at radius 3 is 2.68 bits per heavy atom. The third kappa shape index (κ3) is 5.20. The molecule has 8 heteroatoms. The fraction of sp³-hybridized carbons (Fsp3) is 0.250. The number of hydrogen-bond acceptors (Lipinski definition) is 7. The third-order valence-corrected chi connectivity index (χ3v) is 4.58. The lowest BCUT2D eigenvalue weighted by molar-refractivity contribution is -0.153. The average molecular weight is 400 g/mol. The monoisotopic (exact) mass is 400 g/mol. The summed E-state index contributed by atoms with van der Waals surface area (Å²) in [5, 5.41) is 3.07. The molecule has 3 aromatic rings. The van der Waals surface area contributed by atoms with E-state index in [2.05, 4.69) is 10.3 Å². The molecule has 0 unspecified atom stereocenters. The van der Waals surface area contributed by atoms with Crippen molar-refractivity contribution in [1.82, 2.24) is 4.98 Å². The van der Waals surface area contributed by atoms with Gasteiger partial charge in [0, 0.05) is 0 Å². The van der Waals surface area contributed by atoms with Crippen LogP contribution in [0.5, 0.6) is 11.5 Å². The zero-order chi connectivity index (χ0) is 19.9. The molecular formula is C20H20N2O5S. The molecule has 146 valence electrons. The number of benzene rings is 2. The van der Waals surface area contributed by atoms with E-state index in [0.717, 1.165) is 16.0 Å². The predicted octanol–water partition coefficient (Wildman–Crippen LogP) is 3.64. The summed E-state index contributed by atoms with van der Waals surface area (Å²) in [6, 6.07) is 14.4. The smallest absolute Gasteiger partial charge is 0.347 e. The normalized spacial score (nSPS) is 11.6. The summed E-state index contributed by atoms with van der Waals surface area (Å²) >= 11 is 1.32. The van der Waals surface area contributed by atoms with E-state index in [4.69, 9.17) is 14.2 Å². The highest BCUT2D eigenvalue weighted by Gasteiger charge is 2.18. The van der Waals surface area contributed by atoms with Crippen LogP contribution < -0.4 is 14.8 Å². The van der Waals surface area contributed by atoms with Crippen molar-refractivity contribution in [2.45, 2.75) is 20.0 Å². The topological polar surface area (TPSA) is 86.8 Å². The number of fused-ring (bicyclic) bond motifs is 1. The average Bonchev–Trinajstić information content (AvgIpc) is 3.08. The minimum Gasteiger partial charge on any atom is -0.494 e. The van der Waals surface area contributed by atoms with Gasteiger partial charge in [0.2, 0.25) is 0 Å². The Kier molecular flexibility index (Phi) is 6.44. The van der Waals surface area contributed by atoms with Crippen molar-refractivity contribution in [2.24, 2.45) is 0 Å². The molecule has 7 nitrogen and oxygen atoms in total. The predicted molar refractivity (Wildman–Crippen MR) is 107 cm³/mol. The molecular weight excluding hydrogens is 380 g/mol. The zero-order valence-corrected chi connectivity index (χ0v) is 16.3. The molecule has 0 aliphatic heterocycles. The number of nitrogens with zero attached hydrogens (tertiary/aromatic N) is 1. The SMILES string of the molecule is CCOc1ccc2nc(NC(=O)COC(=O)[C@@H](C)Oc3ccccc3)sc2c1. The van der Waals surface area contributed by atoms with Gasteiger partial charge in [-0.1, -0.05) is 29.5 Å². The molecule has 0 bridgehead atoms. The van der Waals surface area contributed by atoms with Crippen molar-refractivity contribution in [3.05, 3.63) is 48.5 Å². The van der Waals surface area contributed by atoms with Crippen LogP contribution in [0.2, 0.25) is 0 Å². The Morgan fingerprint density at radius 2 is 1.93 bits per heavy atom.